The number of hydrogen-bond acceptors (Lipinski definition) is 5. The molecule has 1 saturated heterocycles. The number of aromatic nitrogens is 1. The molecule has 0 bridgehead atoms. The molecule has 0 saturated carbocycles. The molecule has 122 valence electrons. The first-order valence-electron chi connectivity index (χ1n) is 7.39. The number of anilines is 1. The summed E-state index contributed by atoms with van der Waals surface area (Å²) in [6.07, 6.45) is 1.78. The number of nitrogens with one attached hydrogen (secondary N) is 1. The highest BCUT2D eigenvalue weighted by molar-refractivity contribution is 7.22. The van der Waals surface area contributed by atoms with Crippen molar-refractivity contribution in [3.63, 3.8) is 0 Å². The van der Waals surface area contributed by atoms with Crippen LogP contribution in [0.1, 0.15) is 40.5 Å². The zero-order chi connectivity index (χ0) is 15.3. The Morgan fingerprint density at radius 2 is 1.77 bits per heavy atom. The molecular formula is C16H24ClN3OS. The zero-order valence-electron chi connectivity index (χ0n) is 13.5. The van der Waals surface area contributed by atoms with Crippen LogP contribution in [-0.2, 0) is 0 Å². The summed E-state index contributed by atoms with van der Waals surface area (Å²) in [6, 6.07) is 8.52. The molecule has 1 aromatic carbocycles. The summed E-state index contributed by atoms with van der Waals surface area (Å²) in [5, 5.41) is 16.4. The summed E-state index contributed by atoms with van der Waals surface area (Å²) >= 11 is 1.69. The van der Waals surface area contributed by atoms with Gasteiger partial charge in [-0.3, -0.25) is 0 Å². The molecule has 0 unspecified atom stereocenters. The van der Waals surface area contributed by atoms with E-state index < -0.39 is 0 Å². The summed E-state index contributed by atoms with van der Waals surface area (Å²) in [5.41, 5.74) is 0.565. The number of benzene rings is 1. The maximum atomic E-state index is 10.4. The third kappa shape index (κ3) is 3.23. The van der Waals surface area contributed by atoms with Crippen LogP contribution in [0, 0.1) is 0 Å². The Balaban J connectivity index is 0.00000176. The van der Waals surface area contributed by atoms with E-state index in [0.29, 0.717) is 6.04 Å². The molecule has 0 spiro atoms. The Bertz CT molecular complexity index is 605. The highest BCUT2D eigenvalue weighted by Gasteiger charge is 2.45. The van der Waals surface area contributed by atoms with E-state index in [2.05, 4.69) is 44.1 Å². The van der Waals surface area contributed by atoms with Gasteiger partial charge >= 0.3 is 0 Å². The zero-order valence-corrected chi connectivity index (χ0v) is 15.1. The number of fused-ring (bicyclic) bond motifs is 1. The average molecular weight is 342 g/mol. The van der Waals surface area contributed by atoms with E-state index >= 15 is 0 Å². The maximum Gasteiger partial charge on any atom is 0.184 e. The lowest BCUT2D eigenvalue weighted by Gasteiger charge is -2.51. The average Bonchev–Trinajstić information content (AvgIpc) is 2.77. The Morgan fingerprint density at radius 3 is 2.36 bits per heavy atom. The predicted octanol–water partition coefficient (Wildman–Crippen LogP) is 4.54. The number of piperidine rings is 1. The van der Waals surface area contributed by atoms with E-state index in [-0.39, 0.29) is 23.5 Å². The lowest BCUT2D eigenvalue weighted by molar-refractivity contribution is -0.243. The second-order valence-electron chi connectivity index (χ2n) is 7.17. The highest BCUT2D eigenvalue weighted by Crippen LogP contribution is 2.38. The molecule has 0 amide bonds. The van der Waals surface area contributed by atoms with E-state index in [0.717, 1.165) is 23.5 Å². The minimum atomic E-state index is -0.240. The molecule has 0 aliphatic carbocycles. The summed E-state index contributed by atoms with van der Waals surface area (Å²) in [6.45, 7) is 8.34. The van der Waals surface area contributed by atoms with Gasteiger partial charge in [0.15, 0.2) is 5.13 Å². The van der Waals surface area contributed by atoms with Crippen LogP contribution in [0.3, 0.4) is 0 Å². The minimum absolute atomic E-state index is 0. The Labute approximate surface area is 141 Å². The highest BCUT2D eigenvalue weighted by atomic mass is 35.5. The van der Waals surface area contributed by atoms with Crippen molar-refractivity contribution in [3.8, 4) is 0 Å². The van der Waals surface area contributed by atoms with Crippen LogP contribution in [0.25, 0.3) is 10.2 Å². The van der Waals surface area contributed by atoms with E-state index in [1.54, 1.807) is 11.3 Å². The minimum Gasteiger partial charge on any atom is -0.359 e. The molecule has 0 radical (unpaired) electrons. The van der Waals surface area contributed by atoms with Crippen molar-refractivity contribution < 1.29 is 5.21 Å². The molecule has 1 aliphatic rings. The second kappa shape index (κ2) is 5.96. The largest absolute Gasteiger partial charge is 0.359 e. The molecule has 6 heteroatoms. The quantitative estimate of drug-likeness (QED) is 0.841. The van der Waals surface area contributed by atoms with Gasteiger partial charge in [-0.05, 0) is 52.7 Å². The van der Waals surface area contributed by atoms with Gasteiger partial charge in [0.2, 0.25) is 0 Å². The third-order valence-corrected chi connectivity index (χ3v) is 5.23. The number of hydroxylamine groups is 2. The Hall–Kier alpha value is -0.880. The summed E-state index contributed by atoms with van der Waals surface area (Å²) in [7, 11) is 0. The number of rotatable bonds is 2. The molecule has 2 N–H and O–H groups in total. The molecule has 2 heterocycles. The van der Waals surface area contributed by atoms with Gasteiger partial charge in [-0.2, -0.15) is 5.06 Å². The van der Waals surface area contributed by atoms with Gasteiger partial charge < -0.3 is 10.5 Å². The predicted molar refractivity (Wildman–Crippen MR) is 95.3 cm³/mol. The van der Waals surface area contributed by atoms with Gasteiger partial charge in [-0.1, -0.05) is 23.5 Å². The smallest absolute Gasteiger partial charge is 0.184 e. The van der Waals surface area contributed by atoms with Crippen LogP contribution in [0.5, 0.6) is 0 Å². The van der Waals surface area contributed by atoms with Gasteiger partial charge in [0.1, 0.15) is 0 Å². The first-order chi connectivity index (χ1) is 9.78. The van der Waals surface area contributed by atoms with Gasteiger partial charge in [0.05, 0.1) is 10.2 Å². The first-order valence-corrected chi connectivity index (χ1v) is 8.21. The monoisotopic (exact) mass is 341 g/mol. The number of thiazole rings is 1. The first kappa shape index (κ1) is 17.5. The number of para-hydroxylation sites is 1. The number of hydrogen-bond donors (Lipinski definition) is 2. The van der Waals surface area contributed by atoms with Crippen LogP contribution >= 0.6 is 23.7 Å². The van der Waals surface area contributed by atoms with Crippen molar-refractivity contribution >= 4 is 39.1 Å². The van der Waals surface area contributed by atoms with Gasteiger partial charge in [0, 0.05) is 17.1 Å². The topological polar surface area (TPSA) is 48.4 Å². The fraction of sp³-hybridized carbons (Fsp3) is 0.562. The maximum absolute atomic E-state index is 10.4. The van der Waals surface area contributed by atoms with Crippen LogP contribution in [0.4, 0.5) is 5.13 Å². The van der Waals surface area contributed by atoms with Crippen LogP contribution < -0.4 is 5.32 Å². The fourth-order valence-corrected chi connectivity index (χ4v) is 4.42. The molecule has 4 nitrogen and oxygen atoms in total. The van der Waals surface area contributed by atoms with Gasteiger partial charge in [-0.15, -0.1) is 12.4 Å². The second-order valence-corrected chi connectivity index (χ2v) is 8.20. The van der Waals surface area contributed by atoms with Gasteiger partial charge in [-0.25, -0.2) is 4.98 Å². The number of halogens is 1. The van der Waals surface area contributed by atoms with E-state index in [1.165, 1.54) is 9.76 Å². The molecule has 0 atom stereocenters. The summed E-state index contributed by atoms with van der Waals surface area (Å²) in [4.78, 5) is 4.65. The van der Waals surface area contributed by atoms with Crippen molar-refractivity contribution in [2.75, 3.05) is 5.32 Å². The SMILES string of the molecule is CC1(C)CC(Nc2nc3ccccc3s2)CC(C)(C)N1O.Cl. The van der Waals surface area contributed by atoms with Crippen molar-refractivity contribution in [3.05, 3.63) is 24.3 Å². The summed E-state index contributed by atoms with van der Waals surface area (Å²) < 4.78 is 1.21. The van der Waals surface area contributed by atoms with Crippen molar-refractivity contribution in [1.82, 2.24) is 10.0 Å². The number of nitrogens with zero attached hydrogens (tertiary/aromatic N) is 2. The molecule has 1 aromatic heterocycles. The molecule has 2 aromatic rings. The molecule has 22 heavy (non-hydrogen) atoms. The van der Waals surface area contributed by atoms with Crippen LogP contribution in [0.15, 0.2) is 24.3 Å². The summed E-state index contributed by atoms with van der Waals surface area (Å²) in [5.74, 6) is 0. The Kier molecular flexibility index (Phi) is 4.74. The van der Waals surface area contributed by atoms with Crippen molar-refractivity contribution in [1.29, 1.82) is 0 Å². The Morgan fingerprint density at radius 1 is 1.18 bits per heavy atom. The lowest BCUT2D eigenvalue weighted by Crippen LogP contribution is -2.61. The lowest BCUT2D eigenvalue weighted by atomic mass is 9.79. The van der Waals surface area contributed by atoms with Crippen molar-refractivity contribution in [2.45, 2.75) is 57.7 Å². The van der Waals surface area contributed by atoms with Crippen LogP contribution in [-0.4, -0.2) is 32.4 Å². The van der Waals surface area contributed by atoms with Crippen molar-refractivity contribution in [2.24, 2.45) is 0 Å². The molecule has 1 fully saturated rings. The van der Waals surface area contributed by atoms with Crippen LogP contribution in [0.2, 0.25) is 0 Å². The third-order valence-electron chi connectivity index (χ3n) is 4.26. The normalized spacial score (nSPS) is 21.5. The molecular weight excluding hydrogens is 318 g/mol. The standard InChI is InChI=1S/C16H23N3OS.ClH/c1-15(2)9-11(10-16(3,4)19(15)20)17-14-18-12-7-5-6-8-13(12)21-14;/h5-8,11,20H,9-10H2,1-4H3,(H,17,18);1H. The molecule has 3 rings (SSSR count). The van der Waals surface area contributed by atoms with Gasteiger partial charge in [0.25, 0.3) is 0 Å². The molecule has 1 aliphatic heterocycles. The van der Waals surface area contributed by atoms with E-state index in [4.69, 9.17) is 0 Å². The van der Waals surface area contributed by atoms with E-state index in [1.807, 2.05) is 18.2 Å². The van der Waals surface area contributed by atoms with E-state index in [9.17, 15) is 5.21 Å². The fourth-order valence-electron chi connectivity index (χ4n) is 3.48.